The van der Waals surface area contributed by atoms with E-state index in [1.165, 1.54) is 6.07 Å². The standard InChI is InChI=1S/C20H25F3N4O3/c1-3-30-18(28)17-12(2)25-19(29)26-15(17)11-24-14-10-13(20(21,22)23)6-7-16(14)27-8-4-5-9-27/h6-7,10,12,24H,3-5,8-9,11H2,1-2H3,(H2,25,26,29)/t12-/m0/s1. The third kappa shape index (κ3) is 4.80. The molecule has 1 aromatic rings. The molecule has 0 aliphatic carbocycles. The smallest absolute Gasteiger partial charge is 0.416 e. The molecule has 30 heavy (non-hydrogen) atoms. The average Bonchev–Trinajstić information content (AvgIpc) is 3.19. The van der Waals surface area contributed by atoms with Crippen LogP contribution in [0.1, 0.15) is 32.3 Å². The van der Waals surface area contributed by atoms with Gasteiger partial charge >= 0.3 is 18.2 Å². The van der Waals surface area contributed by atoms with Gasteiger partial charge in [0.1, 0.15) is 0 Å². The van der Waals surface area contributed by atoms with E-state index < -0.39 is 29.8 Å². The van der Waals surface area contributed by atoms with E-state index in [-0.39, 0.29) is 24.4 Å². The second-order valence-electron chi connectivity index (χ2n) is 7.21. The molecule has 0 bridgehead atoms. The van der Waals surface area contributed by atoms with Crippen molar-refractivity contribution in [1.82, 2.24) is 10.6 Å². The molecule has 0 radical (unpaired) electrons. The lowest BCUT2D eigenvalue weighted by Crippen LogP contribution is -2.50. The number of halogens is 3. The first-order chi connectivity index (χ1) is 14.2. The van der Waals surface area contributed by atoms with E-state index in [1.807, 2.05) is 4.90 Å². The highest BCUT2D eigenvalue weighted by Crippen LogP contribution is 2.36. The van der Waals surface area contributed by atoms with Gasteiger partial charge in [-0.1, -0.05) is 0 Å². The molecule has 164 valence electrons. The molecule has 0 spiro atoms. The van der Waals surface area contributed by atoms with Crippen molar-refractivity contribution < 1.29 is 27.5 Å². The maximum absolute atomic E-state index is 13.2. The van der Waals surface area contributed by atoms with Gasteiger partial charge in [-0.3, -0.25) is 0 Å². The lowest BCUT2D eigenvalue weighted by atomic mass is 10.0. The summed E-state index contributed by atoms with van der Waals surface area (Å²) in [5.41, 5.74) is 0.693. The Balaban J connectivity index is 1.92. The van der Waals surface area contributed by atoms with Gasteiger partial charge in [0.2, 0.25) is 0 Å². The van der Waals surface area contributed by atoms with Crippen LogP contribution in [0.3, 0.4) is 0 Å². The van der Waals surface area contributed by atoms with Crippen molar-refractivity contribution in [3.8, 4) is 0 Å². The van der Waals surface area contributed by atoms with Crippen molar-refractivity contribution in [1.29, 1.82) is 0 Å². The van der Waals surface area contributed by atoms with E-state index in [0.29, 0.717) is 11.4 Å². The number of anilines is 2. The zero-order chi connectivity index (χ0) is 21.9. The summed E-state index contributed by atoms with van der Waals surface area (Å²) in [6.07, 6.45) is -2.54. The van der Waals surface area contributed by atoms with Crippen LogP contribution < -0.4 is 20.9 Å². The van der Waals surface area contributed by atoms with Crippen molar-refractivity contribution in [3.63, 3.8) is 0 Å². The highest BCUT2D eigenvalue weighted by atomic mass is 19.4. The van der Waals surface area contributed by atoms with Gasteiger partial charge in [0.25, 0.3) is 0 Å². The minimum atomic E-state index is -4.48. The average molecular weight is 426 g/mol. The predicted molar refractivity (Wildman–Crippen MR) is 106 cm³/mol. The second kappa shape index (κ2) is 8.85. The number of benzene rings is 1. The number of carbonyl (C=O) groups excluding carboxylic acids is 2. The number of hydrogen-bond donors (Lipinski definition) is 3. The minimum absolute atomic E-state index is 0.0337. The van der Waals surface area contributed by atoms with E-state index in [4.69, 9.17) is 4.74 Å². The van der Waals surface area contributed by atoms with Gasteiger partial charge in [-0.15, -0.1) is 0 Å². The number of amides is 2. The molecule has 0 saturated carbocycles. The lowest BCUT2D eigenvalue weighted by Gasteiger charge is -2.28. The first-order valence-corrected chi connectivity index (χ1v) is 9.88. The summed E-state index contributed by atoms with van der Waals surface area (Å²) in [6.45, 7) is 4.96. The van der Waals surface area contributed by atoms with Crippen LogP contribution in [0, 0.1) is 0 Å². The number of hydrogen-bond acceptors (Lipinski definition) is 5. The Morgan fingerprint density at radius 1 is 1.30 bits per heavy atom. The second-order valence-corrected chi connectivity index (χ2v) is 7.21. The number of ether oxygens (including phenoxy) is 1. The molecule has 2 heterocycles. The number of rotatable bonds is 6. The summed E-state index contributed by atoms with van der Waals surface area (Å²) < 4.78 is 44.8. The summed E-state index contributed by atoms with van der Waals surface area (Å²) >= 11 is 0. The topological polar surface area (TPSA) is 82.7 Å². The van der Waals surface area contributed by atoms with E-state index in [1.54, 1.807) is 13.8 Å². The molecule has 1 aromatic carbocycles. The van der Waals surface area contributed by atoms with Crippen LogP contribution >= 0.6 is 0 Å². The maximum Gasteiger partial charge on any atom is 0.416 e. The molecule has 7 nitrogen and oxygen atoms in total. The summed E-state index contributed by atoms with van der Waals surface area (Å²) in [5, 5.41) is 8.15. The molecule has 1 fully saturated rings. The van der Waals surface area contributed by atoms with Crippen molar-refractivity contribution in [3.05, 3.63) is 35.0 Å². The fraction of sp³-hybridized carbons (Fsp3) is 0.500. The Kier molecular flexibility index (Phi) is 6.42. The van der Waals surface area contributed by atoms with Crippen molar-refractivity contribution >= 4 is 23.4 Å². The zero-order valence-electron chi connectivity index (χ0n) is 16.9. The molecule has 0 unspecified atom stereocenters. The van der Waals surface area contributed by atoms with Gasteiger partial charge in [-0.25, -0.2) is 9.59 Å². The molecule has 2 aliphatic heterocycles. The molecule has 3 rings (SSSR count). The van der Waals surface area contributed by atoms with Crippen LogP contribution in [0.25, 0.3) is 0 Å². The summed E-state index contributed by atoms with van der Waals surface area (Å²) in [4.78, 5) is 26.3. The van der Waals surface area contributed by atoms with Crippen LogP contribution in [0.4, 0.5) is 29.3 Å². The Labute approximate surface area is 172 Å². The number of urea groups is 1. The van der Waals surface area contributed by atoms with E-state index >= 15 is 0 Å². The van der Waals surface area contributed by atoms with Crippen LogP contribution in [-0.2, 0) is 15.7 Å². The van der Waals surface area contributed by atoms with Crippen LogP contribution in [0.2, 0.25) is 0 Å². The van der Waals surface area contributed by atoms with Crippen LogP contribution in [0.15, 0.2) is 29.5 Å². The minimum Gasteiger partial charge on any atom is -0.463 e. The Morgan fingerprint density at radius 3 is 2.63 bits per heavy atom. The molecule has 2 amide bonds. The van der Waals surface area contributed by atoms with E-state index in [0.717, 1.165) is 38.1 Å². The molecule has 1 atom stereocenters. The van der Waals surface area contributed by atoms with Gasteiger partial charge in [-0.05, 0) is 44.9 Å². The van der Waals surface area contributed by atoms with Crippen molar-refractivity contribution in [2.45, 2.75) is 38.9 Å². The fourth-order valence-corrected chi connectivity index (χ4v) is 3.69. The molecule has 2 aliphatic rings. The van der Waals surface area contributed by atoms with E-state index in [9.17, 15) is 22.8 Å². The monoisotopic (exact) mass is 426 g/mol. The quantitative estimate of drug-likeness (QED) is 0.609. The maximum atomic E-state index is 13.2. The third-order valence-corrected chi connectivity index (χ3v) is 5.09. The number of nitrogens with one attached hydrogen (secondary N) is 3. The third-order valence-electron chi connectivity index (χ3n) is 5.09. The molecule has 3 N–H and O–H groups in total. The van der Waals surface area contributed by atoms with Gasteiger partial charge < -0.3 is 25.6 Å². The Bertz CT molecular complexity index is 848. The summed E-state index contributed by atoms with van der Waals surface area (Å²) in [5.74, 6) is -0.585. The Morgan fingerprint density at radius 2 is 2.00 bits per heavy atom. The van der Waals surface area contributed by atoms with Gasteiger partial charge in [0.15, 0.2) is 0 Å². The van der Waals surface area contributed by atoms with Gasteiger partial charge in [0, 0.05) is 13.1 Å². The van der Waals surface area contributed by atoms with Crippen molar-refractivity contribution in [2.75, 3.05) is 36.5 Å². The van der Waals surface area contributed by atoms with Gasteiger partial charge in [0.05, 0.1) is 47.4 Å². The molecule has 1 saturated heterocycles. The number of alkyl halides is 3. The lowest BCUT2D eigenvalue weighted by molar-refractivity contribution is -0.139. The highest BCUT2D eigenvalue weighted by molar-refractivity contribution is 5.95. The fourth-order valence-electron chi connectivity index (χ4n) is 3.69. The predicted octanol–water partition coefficient (Wildman–Crippen LogP) is 3.24. The van der Waals surface area contributed by atoms with Crippen LogP contribution in [-0.4, -0.2) is 44.3 Å². The largest absolute Gasteiger partial charge is 0.463 e. The molecule has 10 heteroatoms. The first kappa shape index (κ1) is 21.8. The van der Waals surface area contributed by atoms with Gasteiger partial charge in [-0.2, -0.15) is 13.2 Å². The molecular weight excluding hydrogens is 401 g/mol. The number of carbonyl (C=O) groups is 2. The summed E-state index contributed by atoms with van der Waals surface area (Å²) in [7, 11) is 0. The van der Waals surface area contributed by atoms with Crippen LogP contribution in [0.5, 0.6) is 0 Å². The normalized spacial score (nSPS) is 19.4. The highest BCUT2D eigenvalue weighted by Gasteiger charge is 2.33. The summed E-state index contributed by atoms with van der Waals surface area (Å²) in [6, 6.07) is 2.51. The Hall–Kier alpha value is -2.91. The zero-order valence-corrected chi connectivity index (χ0v) is 16.9. The number of esters is 1. The van der Waals surface area contributed by atoms with Crippen molar-refractivity contribution in [2.24, 2.45) is 0 Å². The molecular formula is C20H25F3N4O3. The first-order valence-electron chi connectivity index (χ1n) is 9.88. The number of nitrogens with zero attached hydrogens (tertiary/aromatic N) is 1. The SMILES string of the molecule is CCOC(=O)C1=C(CNc2cc(C(F)(F)F)ccc2N2CCCC2)NC(=O)N[C@H]1C. The molecule has 0 aromatic heterocycles. The van der Waals surface area contributed by atoms with E-state index in [2.05, 4.69) is 16.0 Å².